The first-order chi connectivity index (χ1) is 5.07. The average Bonchev–Trinajstić information content (AvgIpc) is 1.99. The molecule has 1 heteroatoms. The molecule has 0 bridgehead atoms. The van der Waals surface area contributed by atoms with Crippen molar-refractivity contribution in [3.05, 3.63) is 12.2 Å². The van der Waals surface area contributed by atoms with Gasteiger partial charge in [-0.2, -0.15) is 0 Å². The van der Waals surface area contributed by atoms with Crippen LogP contribution in [0.2, 0.25) is 0 Å². The van der Waals surface area contributed by atoms with Crippen LogP contribution >= 0.6 is 0 Å². The second-order valence-corrected chi connectivity index (χ2v) is 3.21. The second kappa shape index (κ2) is 5.11. The van der Waals surface area contributed by atoms with E-state index >= 15 is 0 Å². The topological polar surface area (TPSA) is 17.1 Å². The van der Waals surface area contributed by atoms with Gasteiger partial charge in [0.15, 0.2) is 5.78 Å². The number of hydrogen-bond acceptors (Lipinski definition) is 1. The summed E-state index contributed by atoms with van der Waals surface area (Å²) < 4.78 is 0. The fraction of sp³-hybridized carbons (Fsp3) is 0.700. The molecule has 0 saturated carbocycles. The smallest absolute Gasteiger partial charge is 0.155 e. The summed E-state index contributed by atoms with van der Waals surface area (Å²) in [6.07, 6.45) is 3.14. The Hall–Kier alpha value is -0.590. The highest BCUT2D eigenvalue weighted by molar-refractivity contribution is 5.92. The van der Waals surface area contributed by atoms with E-state index in [0.717, 1.165) is 18.4 Å². The van der Waals surface area contributed by atoms with Gasteiger partial charge in [0.25, 0.3) is 0 Å². The van der Waals surface area contributed by atoms with Crippen molar-refractivity contribution < 1.29 is 4.79 Å². The highest BCUT2D eigenvalue weighted by Gasteiger charge is 2.03. The first-order valence-electron chi connectivity index (χ1n) is 4.26. The predicted molar refractivity (Wildman–Crippen MR) is 48.5 cm³/mol. The van der Waals surface area contributed by atoms with E-state index in [0.29, 0.717) is 5.92 Å². The van der Waals surface area contributed by atoms with Crippen LogP contribution in [-0.2, 0) is 4.79 Å². The van der Waals surface area contributed by atoms with Crippen molar-refractivity contribution in [1.82, 2.24) is 0 Å². The molecule has 0 aliphatic carbocycles. The zero-order valence-electron chi connectivity index (χ0n) is 7.81. The van der Waals surface area contributed by atoms with Crippen molar-refractivity contribution in [2.24, 2.45) is 5.92 Å². The summed E-state index contributed by atoms with van der Waals surface area (Å²) in [6, 6.07) is 0. The largest absolute Gasteiger partial charge is 0.295 e. The van der Waals surface area contributed by atoms with Gasteiger partial charge in [-0.25, -0.2) is 0 Å². The molecule has 0 aliphatic rings. The zero-order chi connectivity index (χ0) is 8.85. The van der Waals surface area contributed by atoms with Crippen molar-refractivity contribution in [2.75, 3.05) is 0 Å². The summed E-state index contributed by atoms with van der Waals surface area (Å²) in [4.78, 5) is 10.7. The van der Waals surface area contributed by atoms with E-state index in [1.54, 1.807) is 6.92 Å². The molecule has 1 unspecified atom stereocenters. The summed E-state index contributed by atoms with van der Waals surface area (Å²) in [5.41, 5.74) is 0.769. The Morgan fingerprint density at radius 1 is 1.55 bits per heavy atom. The van der Waals surface area contributed by atoms with Gasteiger partial charge in [-0.05, 0) is 31.3 Å². The molecule has 0 rings (SSSR count). The van der Waals surface area contributed by atoms with Crippen LogP contribution in [0.3, 0.4) is 0 Å². The quantitative estimate of drug-likeness (QED) is 0.556. The highest BCUT2D eigenvalue weighted by Crippen LogP contribution is 2.13. The van der Waals surface area contributed by atoms with Crippen LogP contribution in [0.1, 0.15) is 40.0 Å². The SMILES string of the molecule is C=C(CCC(C)CC)C(C)=O. The number of Topliss-reactive ketones (excluding diaryl/α,β-unsaturated/α-hetero) is 1. The van der Waals surface area contributed by atoms with E-state index in [-0.39, 0.29) is 5.78 Å². The fourth-order valence-corrected chi connectivity index (χ4v) is 0.801. The third kappa shape index (κ3) is 4.77. The molecule has 0 aromatic heterocycles. The number of hydrogen-bond donors (Lipinski definition) is 0. The number of allylic oxidation sites excluding steroid dienone is 1. The number of carbonyl (C=O) groups excluding carboxylic acids is 1. The summed E-state index contributed by atoms with van der Waals surface area (Å²) in [5, 5.41) is 0. The molecule has 0 spiro atoms. The van der Waals surface area contributed by atoms with Crippen LogP contribution < -0.4 is 0 Å². The van der Waals surface area contributed by atoms with Crippen molar-refractivity contribution in [1.29, 1.82) is 0 Å². The molecule has 0 aromatic rings. The molecule has 0 saturated heterocycles. The third-order valence-corrected chi connectivity index (χ3v) is 2.13. The van der Waals surface area contributed by atoms with E-state index in [4.69, 9.17) is 0 Å². The maximum Gasteiger partial charge on any atom is 0.155 e. The average molecular weight is 154 g/mol. The molecule has 1 atom stereocenters. The molecule has 0 aromatic carbocycles. The lowest BCUT2D eigenvalue weighted by molar-refractivity contribution is -0.113. The van der Waals surface area contributed by atoms with Crippen LogP contribution in [0.15, 0.2) is 12.2 Å². The van der Waals surface area contributed by atoms with Crippen LogP contribution in [0.4, 0.5) is 0 Å². The lowest BCUT2D eigenvalue weighted by Gasteiger charge is -2.07. The van der Waals surface area contributed by atoms with Crippen molar-refractivity contribution in [3.63, 3.8) is 0 Å². The second-order valence-electron chi connectivity index (χ2n) is 3.21. The maximum absolute atomic E-state index is 10.7. The Morgan fingerprint density at radius 3 is 2.45 bits per heavy atom. The summed E-state index contributed by atoms with van der Waals surface area (Å²) in [6.45, 7) is 9.66. The van der Waals surface area contributed by atoms with Gasteiger partial charge in [-0.15, -0.1) is 0 Å². The Bertz CT molecular complexity index is 147. The summed E-state index contributed by atoms with van der Waals surface area (Å²) >= 11 is 0. The monoisotopic (exact) mass is 154 g/mol. The molecule has 11 heavy (non-hydrogen) atoms. The van der Waals surface area contributed by atoms with Gasteiger partial charge in [-0.3, -0.25) is 4.79 Å². The maximum atomic E-state index is 10.7. The van der Waals surface area contributed by atoms with Gasteiger partial charge in [0.1, 0.15) is 0 Å². The van der Waals surface area contributed by atoms with Gasteiger partial charge in [-0.1, -0.05) is 26.8 Å². The predicted octanol–water partition coefficient (Wildman–Crippen LogP) is 2.96. The molecule has 1 nitrogen and oxygen atoms in total. The van der Waals surface area contributed by atoms with Crippen LogP contribution in [-0.4, -0.2) is 5.78 Å². The minimum absolute atomic E-state index is 0.133. The van der Waals surface area contributed by atoms with Gasteiger partial charge >= 0.3 is 0 Å². The Labute approximate surface area is 69.5 Å². The number of carbonyl (C=O) groups is 1. The van der Waals surface area contributed by atoms with E-state index in [2.05, 4.69) is 20.4 Å². The minimum Gasteiger partial charge on any atom is -0.295 e. The van der Waals surface area contributed by atoms with Gasteiger partial charge in [0.2, 0.25) is 0 Å². The van der Waals surface area contributed by atoms with Gasteiger partial charge in [0, 0.05) is 0 Å². The first kappa shape index (κ1) is 10.4. The van der Waals surface area contributed by atoms with Crippen molar-refractivity contribution in [3.8, 4) is 0 Å². The summed E-state index contributed by atoms with van der Waals surface area (Å²) in [7, 11) is 0. The Balaban J connectivity index is 3.54. The van der Waals surface area contributed by atoms with E-state index in [9.17, 15) is 4.79 Å². The van der Waals surface area contributed by atoms with Gasteiger partial charge in [0.05, 0.1) is 0 Å². The standard InChI is InChI=1S/C10H18O/c1-5-8(2)6-7-9(3)10(4)11/h8H,3,5-7H2,1-2,4H3. The van der Waals surface area contributed by atoms with Crippen molar-refractivity contribution in [2.45, 2.75) is 40.0 Å². The van der Waals surface area contributed by atoms with E-state index in [1.165, 1.54) is 6.42 Å². The van der Waals surface area contributed by atoms with Crippen LogP contribution in [0.25, 0.3) is 0 Å². The molecular weight excluding hydrogens is 136 g/mol. The zero-order valence-corrected chi connectivity index (χ0v) is 7.81. The molecule has 0 aliphatic heterocycles. The van der Waals surface area contributed by atoms with Crippen LogP contribution in [0.5, 0.6) is 0 Å². The fourth-order valence-electron chi connectivity index (χ4n) is 0.801. The third-order valence-electron chi connectivity index (χ3n) is 2.13. The Morgan fingerprint density at radius 2 is 2.09 bits per heavy atom. The lowest BCUT2D eigenvalue weighted by Crippen LogP contribution is -1.98. The normalized spacial score (nSPS) is 12.6. The van der Waals surface area contributed by atoms with E-state index in [1.807, 2.05) is 0 Å². The molecule has 0 N–H and O–H groups in total. The lowest BCUT2D eigenvalue weighted by atomic mass is 9.98. The van der Waals surface area contributed by atoms with Crippen molar-refractivity contribution >= 4 is 5.78 Å². The van der Waals surface area contributed by atoms with E-state index < -0.39 is 0 Å². The first-order valence-corrected chi connectivity index (χ1v) is 4.26. The molecule has 0 amide bonds. The van der Waals surface area contributed by atoms with Crippen LogP contribution in [0, 0.1) is 5.92 Å². The number of rotatable bonds is 5. The highest BCUT2D eigenvalue weighted by atomic mass is 16.1. The minimum atomic E-state index is 0.133. The summed E-state index contributed by atoms with van der Waals surface area (Å²) in [5.74, 6) is 0.847. The molecule has 64 valence electrons. The van der Waals surface area contributed by atoms with Gasteiger partial charge < -0.3 is 0 Å². The molecule has 0 radical (unpaired) electrons. The molecule has 0 fully saturated rings. The molecular formula is C10H18O. The molecule has 0 heterocycles. The Kier molecular flexibility index (Phi) is 4.84. The number of ketones is 1.